The number of hydrogen-bond donors (Lipinski definition) is 0. The van der Waals surface area contributed by atoms with Crippen molar-refractivity contribution in [3.63, 3.8) is 0 Å². The van der Waals surface area contributed by atoms with E-state index in [0.717, 1.165) is 23.1 Å². The van der Waals surface area contributed by atoms with E-state index >= 15 is 0 Å². The molecule has 0 amide bonds. The average molecular weight is 415 g/mol. The smallest absolute Gasteiger partial charge is 0.205 e. The Hall–Kier alpha value is -2.51. The predicted molar refractivity (Wildman–Crippen MR) is 109 cm³/mol. The Morgan fingerprint density at radius 3 is 2.79 bits per heavy atom. The number of nitrogens with zero attached hydrogens (tertiary/aromatic N) is 4. The monoisotopic (exact) mass is 414 g/mol. The van der Waals surface area contributed by atoms with Gasteiger partial charge in [-0.25, -0.2) is 4.98 Å². The zero-order chi connectivity index (χ0) is 19.5. The van der Waals surface area contributed by atoms with Crippen LogP contribution in [0.25, 0.3) is 22.9 Å². The summed E-state index contributed by atoms with van der Waals surface area (Å²) in [5.74, 6) is 3.75. The van der Waals surface area contributed by atoms with Crippen molar-refractivity contribution in [3.8, 4) is 22.9 Å². The van der Waals surface area contributed by atoms with Gasteiger partial charge in [0.2, 0.25) is 5.89 Å². The topological polar surface area (TPSA) is 69.9 Å². The Kier molecular flexibility index (Phi) is 5.54. The lowest BCUT2D eigenvalue weighted by molar-refractivity contribution is 0.488. The summed E-state index contributed by atoms with van der Waals surface area (Å²) in [7, 11) is 0. The van der Waals surface area contributed by atoms with Crippen molar-refractivity contribution >= 4 is 23.4 Å². The molecule has 0 N–H and O–H groups in total. The van der Waals surface area contributed by atoms with E-state index in [0.29, 0.717) is 34.1 Å². The first-order valence-corrected chi connectivity index (χ1v) is 10.3. The van der Waals surface area contributed by atoms with Gasteiger partial charge in [-0.3, -0.25) is 4.57 Å². The summed E-state index contributed by atoms with van der Waals surface area (Å²) < 4.78 is 13.5. The van der Waals surface area contributed by atoms with Gasteiger partial charge in [0.15, 0.2) is 22.5 Å². The number of benzene rings is 1. The van der Waals surface area contributed by atoms with Crippen molar-refractivity contribution in [2.24, 2.45) is 5.92 Å². The van der Waals surface area contributed by atoms with Crippen LogP contribution in [0.1, 0.15) is 19.7 Å². The Bertz CT molecular complexity index is 1060. The lowest BCUT2D eigenvalue weighted by atomic mass is 10.2. The normalized spacial score (nSPS) is 11.4. The highest BCUT2D eigenvalue weighted by Gasteiger charge is 2.18. The summed E-state index contributed by atoms with van der Waals surface area (Å²) in [6, 6.07) is 11.3. The number of rotatable bonds is 7. The van der Waals surface area contributed by atoms with Crippen LogP contribution in [0.5, 0.6) is 0 Å². The van der Waals surface area contributed by atoms with Crippen molar-refractivity contribution in [2.45, 2.75) is 31.3 Å². The second-order valence-corrected chi connectivity index (χ2v) is 8.08. The van der Waals surface area contributed by atoms with Crippen LogP contribution in [0.2, 0.25) is 5.02 Å². The molecule has 0 spiro atoms. The summed E-state index contributed by atoms with van der Waals surface area (Å²) in [5, 5.41) is 10.1. The minimum absolute atomic E-state index is 0.445. The lowest BCUT2D eigenvalue weighted by Crippen LogP contribution is -2.07. The average Bonchev–Trinajstić information content (AvgIpc) is 3.41. The van der Waals surface area contributed by atoms with Gasteiger partial charge in [-0.05, 0) is 30.2 Å². The fourth-order valence-electron chi connectivity index (χ4n) is 2.79. The SMILES string of the molecule is CC(C)Cn1c(SCc2ncc(-c3cccc(Cl)c3)o2)nnc1-c1ccco1. The number of oxazole rings is 1. The molecule has 0 aliphatic rings. The van der Waals surface area contributed by atoms with Crippen LogP contribution in [0, 0.1) is 5.92 Å². The molecule has 0 bridgehead atoms. The third-order valence-electron chi connectivity index (χ3n) is 3.99. The number of thioether (sulfide) groups is 1. The standard InChI is InChI=1S/C20H19ClN4O2S/c1-13(2)11-25-19(16-7-4-8-26-16)23-24-20(25)28-12-18-22-10-17(27-18)14-5-3-6-15(21)9-14/h3-10,13H,11-12H2,1-2H3. The third kappa shape index (κ3) is 4.15. The van der Waals surface area contributed by atoms with Crippen LogP contribution in [-0.2, 0) is 12.3 Å². The van der Waals surface area contributed by atoms with E-state index in [-0.39, 0.29) is 0 Å². The van der Waals surface area contributed by atoms with Crippen LogP contribution in [-0.4, -0.2) is 19.7 Å². The van der Waals surface area contributed by atoms with Gasteiger partial charge < -0.3 is 8.83 Å². The largest absolute Gasteiger partial charge is 0.461 e. The van der Waals surface area contributed by atoms with E-state index in [1.54, 1.807) is 12.5 Å². The second-order valence-electron chi connectivity index (χ2n) is 6.71. The van der Waals surface area contributed by atoms with Crippen molar-refractivity contribution in [1.29, 1.82) is 0 Å². The molecule has 4 aromatic rings. The van der Waals surface area contributed by atoms with Gasteiger partial charge in [-0.2, -0.15) is 0 Å². The van der Waals surface area contributed by atoms with Crippen LogP contribution < -0.4 is 0 Å². The molecule has 3 aromatic heterocycles. The summed E-state index contributed by atoms with van der Waals surface area (Å²) in [6.07, 6.45) is 3.36. The van der Waals surface area contributed by atoms with Crippen LogP contribution in [0.15, 0.2) is 62.8 Å². The fraction of sp³-hybridized carbons (Fsp3) is 0.250. The molecule has 6 nitrogen and oxygen atoms in total. The highest BCUT2D eigenvalue weighted by molar-refractivity contribution is 7.98. The van der Waals surface area contributed by atoms with E-state index < -0.39 is 0 Å². The number of hydrogen-bond acceptors (Lipinski definition) is 6. The van der Waals surface area contributed by atoms with Crippen LogP contribution >= 0.6 is 23.4 Å². The summed E-state index contributed by atoms with van der Waals surface area (Å²) >= 11 is 7.59. The quantitative estimate of drug-likeness (QED) is 0.356. The minimum Gasteiger partial charge on any atom is -0.461 e. The number of halogens is 1. The Morgan fingerprint density at radius 1 is 1.14 bits per heavy atom. The molecule has 1 aromatic carbocycles. The lowest BCUT2D eigenvalue weighted by Gasteiger charge is -2.10. The number of aromatic nitrogens is 4. The molecular formula is C20H19ClN4O2S. The second kappa shape index (κ2) is 8.24. The van der Waals surface area contributed by atoms with E-state index in [1.807, 2.05) is 36.4 Å². The molecule has 0 unspecified atom stereocenters. The first-order valence-electron chi connectivity index (χ1n) is 8.90. The summed E-state index contributed by atoms with van der Waals surface area (Å²) in [4.78, 5) is 4.38. The van der Waals surface area contributed by atoms with E-state index in [4.69, 9.17) is 20.4 Å². The molecule has 4 rings (SSSR count). The maximum Gasteiger partial charge on any atom is 0.205 e. The van der Waals surface area contributed by atoms with Gasteiger partial charge in [0.1, 0.15) is 0 Å². The van der Waals surface area contributed by atoms with Crippen molar-refractivity contribution in [1.82, 2.24) is 19.7 Å². The number of furan rings is 1. The van der Waals surface area contributed by atoms with Gasteiger partial charge in [-0.15, -0.1) is 10.2 Å². The van der Waals surface area contributed by atoms with Gasteiger partial charge in [0, 0.05) is 17.1 Å². The predicted octanol–water partition coefficient (Wildman–Crippen LogP) is 5.79. The molecule has 0 aliphatic heterocycles. The molecular weight excluding hydrogens is 396 g/mol. The van der Waals surface area contributed by atoms with Gasteiger partial charge in [-0.1, -0.05) is 49.3 Å². The molecule has 144 valence electrons. The molecule has 0 saturated heterocycles. The molecule has 0 radical (unpaired) electrons. The fourth-order valence-corrected chi connectivity index (χ4v) is 3.78. The first kappa shape index (κ1) is 18.8. The van der Waals surface area contributed by atoms with Crippen molar-refractivity contribution in [2.75, 3.05) is 0 Å². The minimum atomic E-state index is 0.445. The first-order chi connectivity index (χ1) is 13.6. The summed E-state index contributed by atoms with van der Waals surface area (Å²) in [5.41, 5.74) is 0.902. The van der Waals surface area contributed by atoms with E-state index in [1.165, 1.54) is 11.8 Å². The zero-order valence-corrected chi connectivity index (χ0v) is 17.1. The molecule has 3 heterocycles. The molecule has 8 heteroatoms. The van der Waals surface area contributed by atoms with Crippen LogP contribution in [0.3, 0.4) is 0 Å². The van der Waals surface area contributed by atoms with Crippen LogP contribution in [0.4, 0.5) is 0 Å². The van der Waals surface area contributed by atoms with Gasteiger partial charge in [0.25, 0.3) is 0 Å². The van der Waals surface area contributed by atoms with E-state index in [2.05, 4.69) is 33.6 Å². The van der Waals surface area contributed by atoms with Crippen molar-refractivity contribution in [3.05, 3.63) is 59.8 Å². The molecule has 0 atom stereocenters. The molecule has 28 heavy (non-hydrogen) atoms. The molecule has 0 fully saturated rings. The van der Waals surface area contributed by atoms with Crippen molar-refractivity contribution < 1.29 is 8.83 Å². The Morgan fingerprint density at radius 2 is 2.04 bits per heavy atom. The zero-order valence-electron chi connectivity index (χ0n) is 15.5. The third-order valence-corrected chi connectivity index (χ3v) is 5.18. The Balaban J connectivity index is 1.52. The molecule has 0 saturated carbocycles. The molecule has 0 aliphatic carbocycles. The van der Waals surface area contributed by atoms with Gasteiger partial charge in [0.05, 0.1) is 18.2 Å². The maximum absolute atomic E-state index is 6.05. The van der Waals surface area contributed by atoms with Gasteiger partial charge >= 0.3 is 0 Å². The highest BCUT2D eigenvalue weighted by atomic mass is 35.5. The Labute approximate surface area is 171 Å². The van der Waals surface area contributed by atoms with E-state index in [9.17, 15) is 0 Å². The summed E-state index contributed by atoms with van der Waals surface area (Å²) in [6.45, 7) is 5.11. The maximum atomic E-state index is 6.05. The highest BCUT2D eigenvalue weighted by Crippen LogP contribution is 2.29.